The van der Waals surface area contributed by atoms with Crippen molar-refractivity contribution in [1.82, 2.24) is 0 Å². The normalized spacial score (nSPS) is 20.0. The van der Waals surface area contributed by atoms with Crippen LogP contribution < -0.4 is 0 Å². The van der Waals surface area contributed by atoms with E-state index in [-0.39, 0.29) is 12.0 Å². The third-order valence-electron chi connectivity index (χ3n) is 6.38. The average Bonchev–Trinajstić information content (AvgIpc) is 2.95. The van der Waals surface area contributed by atoms with Gasteiger partial charge in [-0.25, -0.2) is 0 Å². The lowest BCUT2D eigenvalue weighted by Crippen LogP contribution is -2.28. The first-order valence-electron chi connectivity index (χ1n) is 10.3. The minimum Gasteiger partial charge on any atom is -0.392 e. The van der Waals surface area contributed by atoms with Gasteiger partial charge < -0.3 is 5.11 Å². The highest BCUT2D eigenvalue weighted by molar-refractivity contribution is 6.30. The van der Waals surface area contributed by atoms with E-state index in [1.165, 1.54) is 54.4 Å². The lowest BCUT2D eigenvalue weighted by atomic mass is 9.67. The Bertz CT molecular complexity index is 885. The third kappa shape index (κ3) is 3.25. The highest BCUT2D eigenvalue weighted by Gasteiger charge is 2.44. The Morgan fingerprint density at radius 2 is 1.93 bits per heavy atom. The van der Waals surface area contributed by atoms with Gasteiger partial charge in [-0.2, -0.15) is 0 Å². The number of benzene rings is 1. The summed E-state index contributed by atoms with van der Waals surface area (Å²) >= 11 is 6.35. The molecule has 0 aromatic heterocycles. The van der Waals surface area contributed by atoms with E-state index in [2.05, 4.69) is 56.0 Å². The monoisotopic (exact) mass is 394 g/mol. The summed E-state index contributed by atoms with van der Waals surface area (Å²) in [5.74, 6) is 0. The first kappa shape index (κ1) is 20.9. The summed E-state index contributed by atoms with van der Waals surface area (Å²) in [6.07, 6.45) is 14.7. The SMILES string of the molecule is C=CC1=C(/C=C\C)c2c(C(=C/C)/C(CO)=C(\C)Cl)cccc2C12CCCCC2. The molecule has 1 saturated carbocycles. The maximum absolute atomic E-state index is 9.99. The molecule has 148 valence electrons. The zero-order valence-corrected chi connectivity index (χ0v) is 18.1. The third-order valence-corrected chi connectivity index (χ3v) is 6.61. The van der Waals surface area contributed by atoms with E-state index in [4.69, 9.17) is 11.6 Å². The number of fused-ring (bicyclic) bond motifs is 2. The van der Waals surface area contributed by atoms with Crippen LogP contribution >= 0.6 is 11.6 Å². The predicted octanol–water partition coefficient (Wildman–Crippen LogP) is 7.33. The molecular formula is C26H31ClO. The number of rotatable bonds is 5. The average molecular weight is 395 g/mol. The van der Waals surface area contributed by atoms with Crippen molar-refractivity contribution in [2.45, 2.75) is 58.3 Å². The zero-order valence-electron chi connectivity index (χ0n) is 17.3. The van der Waals surface area contributed by atoms with E-state index < -0.39 is 0 Å². The molecule has 1 aromatic carbocycles. The molecule has 2 aliphatic rings. The van der Waals surface area contributed by atoms with E-state index in [0.717, 1.165) is 16.7 Å². The summed E-state index contributed by atoms with van der Waals surface area (Å²) in [6.45, 7) is 10.1. The van der Waals surface area contributed by atoms with Gasteiger partial charge >= 0.3 is 0 Å². The Hall–Kier alpha value is -1.83. The van der Waals surface area contributed by atoms with E-state index in [0.29, 0.717) is 5.03 Å². The van der Waals surface area contributed by atoms with Gasteiger partial charge in [-0.3, -0.25) is 0 Å². The van der Waals surface area contributed by atoms with Crippen molar-refractivity contribution in [2.24, 2.45) is 0 Å². The van der Waals surface area contributed by atoms with Gasteiger partial charge in [-0.15, -0.1) is 0 Å². The lowest BCUT2D eigenvalue weighted by Gasteiger charge is -2.37. The van der Waals surface area contributed by atoms with Crippen LogP contribution in [0.15, 0.2) is 65.3 Å². The Kier molecular flexibility index (Phi) is 6.47. The largest absolute Gasteiger partial charge is 0.392 e. The fraction of sp³-hybridized carbons (Fsp3) is 0.385. The summed E-state index contributed by atoms with van der Waals surface area (Å²) in [5, 5.41) is 10.6. The van der Waals surface area contributed by atoms with Crippen LogP contribution in [0.5, 0.6) is 0 Å². The van der Waals surface area contributed by atoms with Gasteiger partial charge in [0.05, 0.1) is 6.61 Å². The molecule has 3 rings (SSSR count). The van der Waals surface area contributed by atoms with E-state index in [9.17, 15) is 5.11 Å². The van der Waals surface area contributed by atoms with Crippen LogP contribution in [-0.4, -0.2) is 11.7 Å². The summed E-state index contributed by atoms with van der Waals surface area (Å²) in [5.41, 5.74) is 8.37. The van der Waals surface area contributed by atoms with Gasteiger partial charge in [-0.1, -0.05) is 79.9 Å². The molecule has 2 aliphatic carbocycles. The second kappa shape index (κ2) is 8.68. The molecule has 28 heavy (non-hydrogen) atoms. The van der Waals surface area contributed by atoms with Crippen LogP contribution in [0.4, 0.5) is 0 Å². The quantitative estimate of drug-likeness (QED) is 0.518. The Balaban J connectivity index is 2.35. The summed E-state index contributed by atoms with van der Waals surface area (Å²) < 4.78 is 0. The first-order chi connectivity index (χ1) is 13.6. The first-order valence-corrected chi connectivity index (χ1v) is 10.7. The van der Waals surface area contributed by atoms with Crippen molar-refractivity contribution < 1.29 is 5.11 Å². The van der Waals surface area contributed by atoms with Crippen molar-refractivity contribution in [3.05, 3.63) is 82.0 Å². The number of hydrogen-bond donors (Lipinski definition) is 1. The molecule has 0 bridgehead atoms. The molecule has 0 saturated heterocycles. The Morgan fingerprint density at radius 1 is 1.21 bits per heavy atom. The van der Waals surface area contributed by atoms with Crippen LogP contribution in [0, 0.1) is 0 Å². The van der Waals surface area contributed by atoms with E-state index in [1.807, 2.05) is 13.8 Å². The molecule has 1 spiro atoms. The molecule has 0 radical (unpaired) electrons. The fourth-order valence-electron chi connectivity index (χ4n) is 5.21. The summed E-state index contributed by atoms with van der Waals surface area (Å²) in [4.78, 5) is 0. The standard InChI is InChI=1S/C26H31ClO/c1-5-12-21-23(7-3)26(15-9-8-10-16-26)24-14-11-13-20(25(21)24)19(6-2)22(17-28)18(4)27/h5-7,11-14,28H,3,8-10,15-17H2,1-2,4H3/b12-5-,19-6-,22-18+. The van der Waals surface area contributed by atoms with E-state index in [1.54, 1.807) is 0 Å². The minimum atomic E-state index is -0.0687. The number of aliphatic hydroxyl groups excluding tert-OH is 1. The van der Waals surface area contributed by atoms with Gasteiger partial charge in [0, 0.05) is 10.4 Å². The van der Waals surface area contributed by atoms with Gasteiger partial charge in [-0.05, 0) is 72.6 Å². The molecule has 0 aliphatic heterocycles. The number of aliphatic hydroxyl groups is 1. The molecule has 2 heteroatoms. The maximum Gasteiger partial charge on any atom is 0.0699 e. The zero-order chi connectivity index (χ0) is 20.3. The van der Waals surface area contributed by atoms with Crippen molar-refractivity contribution >= 4 is 22.7 Å². The molecule has 0 heterocycles. The summed E-state index contributed by atoms with van der Waals surface area (Å²) in [7, 11) is 0. The molecule has 1 N–H and O–H groups in total. The topological polar surface area (TPSA) is 20.2 Å². The van der Waals surface area contributed by atoms with Crippen molar-refractivity contribution in [3.63, 3.8) is 0 Å². The summed E-state index contributed by atoms with van der Waals surface area (Å²) in [6, 6.07) is 6.62. The predicted molar refractivity (Wildman–Crippen MR) is 122 cm³/mol. The second-order valence-electron chi connectivity index (χ2n) is 7.77. The smallest absolute Gasteiger partial charge is 0.0699 e. The number of allylic oxidation sites excluding steroid dienone is 7. The van der Waals surface area contributed by atoms with Crippen molar-refractivity contribution in [3.8, 4) is 0 Å². The maximum atomic E-state index is 9.99. The number of hydrogen-bond acceptors (Lipinski definition) is 1. The van der Waals surface area contributed by atoms with Gasteiger partial charge in [0.2, 0.25) is 0 Å². The Labute approximate surface area is 174 Å². The molecule has 0 atom stereocenters. The Morgan fingerprint density at radius 3 is 2.46 bits per heavy atom. The number of halogens is 1. The highest BCUT2D eigenvalue weighted by atomic mass is 35.5. The van der Waals surface area contributed by atoms with Crippen LogP contribution in [0.3, 0.4) is 0 Å². The van der Waals surface area contributed by atoms with E-state index >= 15 is 0 Å². The molecule has 1 aromatic rings. The van der Waals surface area contributed by atoms with Crippen molar-refractivity contribution in [2.75, 3.05) is 6.61 Å². The van der Waals surface area contributed by atoms with Crippen LogP contribution in [0.1, 0.15) is 69.6 Å². The van der Waals surface area contributed by atoms with Gasteiger partial charge in [0.15, 0.2) is 0 Å². The minimum absolute atomic E-state index is 0.0676. The van der Waals surface area contributed by atoms with Crippen LogP contribution in [0.2, 0.25) is 0 Å². The van der Waals surface area contributed by atoms with Crippen molar-refractivity contribution in [1.29, 1.82) is 0 Å². The van der Waals surface area contributed by atoms with Crippen LogP contribution in [0.25, 0.3) is 11.1 Å². The molecule has 1 nitrogen and oxygen atoms in total. The lowest BCUT2D eigenvalue weighted by molar-refractivity contribution is 0.335. The van der Waals surface area contributed by atoms with Crippen LogP contribution in [-0.2, 0) is 5.41 Å². The molecule has 0 amide bonds. The second-order valence-corrected chi connectivity index (χ2v) is 8.34. The molecule has 1 fully saturated rings. The molecular weight excluding hydrogens is 364 g/mol. The highest BCUT2D eigenvalue weighted by Crippen LogP contribution is 2.56. The molecule has 0 unspecified atom stereocenters. The van der Waals surface area contributed by atoms with Gasteiger partial charge in [0.1, 0.15) is 0 Å². The fourth-order valence-corrected chi connectivity index (χ4v) is 5.38. The van der Waals surface area contributed by atoms with Gasteiger partial charge in [0.25, 0.3) is 0 Å².